The summed E-state index contributed by atoms with van der Waals surface area (Å²) in [5.74, 6) is 0.127. The number of benzene rings is 1. The molecule has 2 amide bonds. The number of hydrogen-bond donors (Lipinski definition) is 1. The fourth-order valence-corrected chi connectivity index (χ4v) is 3.85. The summed E-state index contributed by atoms with van der Waals surface area (Å²) < 4.78 is 16.6. The van der Waals surface area contributed by atoms with Gasteiger partial charge in [-0.1, -0.05) is 50.6 Å². The van der Waals surface area contributed by atoms with Gasteiger partial charge in [-0.2, -0.15) is 0 Å². The van der Waals surface area contributed by atoms with Gasteiger partial charge in [-0.3, -0.25) is 4.79 Å². The van der Waals surface area contributed by atoms with Crippen LogP contribution < -0.4 is 5.32 Å². The first-order valence-electron chi connectivity index (χ1n) is 10.6. The Kier molecular flexibility index (Phi) is 7.89. The minimum absolute atomic E-state index is 0.00568. The van der Waals surface area contributed by atoms with Gasteiger partial charge in [-0.05, 0) is 24.3 Å². The molecule has 0 bridgehead atoms. The van der Waals surface area contributed by atoms with Crippen LogP contribution in [0.25, 0.3) is 0 Å². The van der Waals surface area contributed by atoms with Gasteiger partial charge >= 0.3 is 6.09 Å². The van der Waals surface area contributed by atoms with Crippen molar-refractivity contribution in [3.8, 4) is 0 Å². The zero-order valence-electron chi connectivity index (χ0n) is 17.3. The van der Waals surface area contributed by atoms with Crippen LogP contribution in [0.1, 0.15) is 38.7 Å². The molecule has 0 spiro atoms. The Morgan fingerprint density at radius 2 is 1.97 bits per heavy atom. The van der Waals surface area contributed by atoms with E-state index in [1.807, 2.05) is 49.1 Å². The van der Waals surface area contributed by atoms with Gasteiger partial charge in [0.15, 0.2) is 6.29 Å². The first-order valence-corrected chi connectivity index (χ1v) is 10.6. The van der Waals surface area contributed by atoms with Crippen molar-refractivity contribution in [1.82, 2.24) is 10.2 Å². The Morgan fingerprint density at radius 3 is 2.66 bits per heavy atom. The highest BCUT2D eigenvalue weighted by Crippen LogP contribution is 2.26. The molecule has 1 aromatic rings. The lowest BCUT2D eigenvalue weighted by molar-refractivity contribution is -0.142. The number of ether oxygens (including phenoxy) is 3. The molecule has 29 heavy (non-hydrogen) atoms. The van der Waals surface area contributed by atoms with E-state index in [9.17, 15) is 9.59 Å². The van der Waals surface area contributed by atoms with E-state index in [1.54, 1.807) is 0 Å². The van der Waals surface area contributed by atoms with Crippen molar-refractivity contribution in [2.75, 3.05) is 26.3 Å². The highest BCUT2D eigenvalue weighted by molar-refractivity contribution is 5.86. The van der Waals surface area contributed by atoms with Crippen LogP contribution in [0.15, 0.2) is 30.3 Å². The van der Waals surface area contributed by atoms with Crippen molar-refractivity contribution >= 4 is 12.0 Å². The smallest absolute Gasteiger partial charge is 0.408 e. The van der Waals surface area contributed by atoms with Crippen LogP contribution >= 0.6 is 0 Å². The lowest BCUT2D eigenvalue weighted by Gasteiger charge is -2.37. The maximum atomic E-state index is 13.2. The number of rotatable bonds is 7. The van der Waals surface area contributed by atoms with Gasteiger partial charge < -0.3 is 24.4 Å². The summed E-state index contributed by atoms with van der Waals surface area (Å²) in [5, 5.41) is 2.80. The number of amides is 2. The second-order valence-electron chi connectivity index (χ2n) is 7.87. The van der Waals surface area contributed by atoms with Crippen LogP contribution in [0.5, 0.6) is 0 Å². The topological polar surface area (TPSA) is 77.1 Å². The number of carbonyl (C=O) groups excluding carboxylic acids is 2. The van der Waals surface area contributed by atoms with E-state index >= 15 is 0 Å². The van der Waals surface area contributed by atoms with Crippen LogP contribution in [-0.4, -0.2) is 55.5 Å². The molecule has 3 atom stereocenters. The first-order chi connectivity index (χ1) is 14.1. The van der Waals surface area contributed by atoms with Crippen LogP contribution in [0.3, 0.4) is 0 Å². The summed E-state index contributed by atoms with van der Waals surface area (Å²) in [4.78, 5) is 27.4. The van der Waals surface area contributed by atoms with Gasteiger partial charge in [-0.25, -0.2) is 4.79 Å². The summed E-state index contributed by atoms with van der Waals surface area (Å²) in [5.41, 5.74) is 0.907. The van der Waals surface area contributed by atoms with Crippen molar-refractivity contribution in [3.05, 3.63) is 35.9 Å². The highest BCUT2D eigenvalue weighted by atomic mass is 16.7. The number of nitrogens with one attached hydrogen (secondary N) is 1. The van der Waals surface area contributed by atoms with Gasteiger partial charge in [0.2, 0.25) is 5.91 Å². The zero-order chi connectivity index (χ0) is 20.6. The van der Waals surface area contributed by atoms with Crippen molar-refractivity contribution < 1.29 is 23.8 Å². The maximum absolute atomic E-state index is 13.2. The van der Waals surface area contributed by atoms with E-state index in [0.717, 1.165) is 24.8 Å². The van der Waals surface area contributed by atoms with Gasteiger partial charge in [0.05, 0.1) is 13.2 Å². The van der Waals surface area contributed by atoms with E-state index in [0.29, 0.717) is 26.3 Å². The fourth-order valence-electron chi connectivity index (χ4n) is 3.85. The lowest BCUT2D eigenvalue weighted by Crippen LogP contribution is -2.54. The van der Waals surface area contributed by atoms with Crippen molar-refractivity contribution in [1.29, 1.82) is 0 Å². The molecule has 2 aliphatic rings. The third-order valence-electron chi connectivity index (χ3n) is 5.77. The van der Waals surface area contributed by atoms with Crippen LogP contribution in [0, 0.1) is 11.8 Å². The average molecular weight is 405 g/mol. The molecule has 1 unspecified atom stereocenters. The van der Waals surface area contributed by atoms with Crippen LogP contribution in [0.4, 0.5) is 4.79 Å². The Labute approximate surface area is 172 Å². The average Bonchev–Trinajstić information content (AvgIpc) is 3.31. The van der Waals surface area contributed by atoms with Gasteiger partial charge in [-0.15, -0.1) is 0 Å². The number of piperidine rings is 1. The third-order valence-corrected chi connectivity index (χ3v) is 5.77. The molecular formula is C22H32N2O5. The molecule has 7 heteroatoms. The summed E-state index contributed by atoms with van der Waals surface area (Å²) in [6, 6.07) is 8.89. The molecule has 2 heterocycles. The zero-order valence-corrected chi connectivity index (χ0v) is 17.3. The molecule has 1 aromatic carbocycles. The Hall–Kier alpha value is -2.12. The molecular weight excluding hydrogens is 372 g/mol. The first kappa shape index (κ1) is 21.6. The summed E-state index contributed by atoms with van der Waals surface area (Å²) >= 11 is 0. The molecule has 2 saturated heterocycles. The second kappa shape index (κ2) is 10.6. The van der Waals surface area contributed by atoms with E-state index in [2.05, 4.69) is 5.32 Å². The van der Waals surface area contributed by atoms with E-state index in [-0.39, 0.29) is 30.6 Å². The summed E-state index contributed by atoms with van der Waals surface area (Å²) in [6.45, 7) is 6.67. The minimum Gasteiger partial charge on any atom is -0.445 e. The maximum Gasteiger partial charge on any atom is 0.408 e. The van der Waals surface area contributed by atoms with E-state index in [1.165, 1.54) is 0 Å². The molecule has 1 N–H and O–H groups in total. The predicted octanol–water partition coefficient (Wildman–Crippen LogP) is 2.94. The standard InChI is InChI=1S/C22H32N2O5/c1-3-16(2)19(23-22(26)29-15-17-8-5-4-6-9-17)20(25)24-11-7-10-18(14-24)21-27-12-13-28-21/h4-6,8-9,16,18-19,21H,3,7,10-15H2,1-2H3,(H,23,26)/t16-,18?,19-/m0/s1. The normalized spacial score (nSPS) is 22.1. The lowest BCUT2D eigenvalue weighted by atomic mass is 9.93. The quantitative estimate of drug-likeness (QED) is 0.756. The van der Waals surface area contributed by atoms with Crippen molar-refractivity contribution in [3.63, 3.8) is 0 Å². The number of alkyl carbamates (subject to hydrolysis) is 1. The number of hydrogen-bond acceptors (Lipinski definition) is 5. The minimum atomic E-state index is -0.604. The fraction of sp³-hybridized carbons (Fsp3) is 0.636. The molecule has 2 fully saturated rings. The molecule has 160 valence electrons. The van der Waals surface area contributed by atoms with E-state index in [4.69, 9.17) is 14.2 Å². The van der Waals surface area contributed by atoms with Gasteiger partial charge in [0, 0.05) is 19.0 Å². The van der Waals surface area contributed by atoms with E-state index < -0.39 is 12.1 Å². The highest BCUT2D eigenvalue weighted by Gasteiger charge is 2.36. The van der Waals surface area contributed by atoms with Crippen LogP contribution in [0.2, 0.25) is 0 Å². The summed E-state index contributed by atoms with van der Waals surface area (Å²) in [6.07, 6.45) is 1.88. The largest absolute Gasteiger partial charge is 0.445 e. The Bertz CT molecular complexity index is 662. The summed E-state index contributed by atoms with van der Waals surface area (Å²) in [7, 11) is 0. The Balaban J connectivity index is 1.58. The van der Waals surface area contributed by atoms with Crippen molar-refractivity contribution in [2.24, 2.45) is 11.8 Å². The van der Waals surface area contributed by atoms with Crippen LogP contribution in [-0.2, 0) is 25.6 Å². The van der Waals surface area contributed by atoms with Crippen molar-refractivity contribution in [2.45, 2.75) is 52.0 Å². The predicted molar refractivity (Wildman–Crippen MR) is 108 cm³/mol. The monoisotopic (exact) mass is 404 g/mol. The van der Waals surface area contributed by atoms with Gasteiger partial charge in [0.25, 0.3) is 0 Å². The SMILES string of the molecule is CC[C@H](C)[C@H](NC(=O)OCc1ccccc1)C(=O)N1CCCC(C2OCCO2)C1. The number of carbonyl (C=O) groups is 2. The molecule has 3 rings (SSSR count). The third kappa shape index (κ3) is 5.93. The number of nitrogens with zero attached hydrogens (tertiary/aromatic N) is 1. The number of likely N-dealkylation sites (tertiary alicyclic amines) is 1. The molecule has 7 nitrogen and oxygen atoms in total. The molecule has 0 saturated carbocycles. The molecule has 0 radical (unpaired) electrons. The molecule has 2 aliphatic heterocycles. The molecule has 0 aliphatic carbocycles. The van der Waals surface area contributed by atoms with Gasteiger partial charge in [0.1, 0.15) is 12.6 Å². The Morgan fingerprint density at radius 1 is 1.24 bits per heavy atom. The second-order valence-corrected chi connectivity index (χ2v) is 7.87. The molecule has 0 aromatic heterocycles.